The number of rotatable bonds is 6. The van der Waals surface area contributed by atoms with Crippen LogP contribution in [0.1, 0.15) is 30.2 Å². The summed E-state index contributed by atoms with van der Waals surface area (Å²) < 4.78 is 32.2. The molecule has 0 spiro atoms. The fourth-order valence-corrected chi connectivity index (χ4v) is 2.30. The molecule has 22 heavy (non-hydrogen) atoms. The van der Waals surface area contributed by atoms with E-state index in [1.165, 1.54) is 31.4 Å². The van der Waals surface area contributed by atoms with Gasteiger partial charge in [0.15, 0.2) is 0 Å². The van der Waals surface area contributed by atoms with Crippen LogP contribution in [0.25, 0.3) is 0 Å². The topological polar surface area (TPSA) is 41.5 Å². The van der Waals surface area contributed by atoms with Gasteiger partial charge in [0.1, 0.15) is 17.4 Å². The van der Waals surface area contributed by atoms with Crippen molar-refractivity contribution in [3.05, 3.63) is 65.2 Å². The molecule has 0 amide bonds. The normalized spacial score (nSPS) is 13.7. The van der Waals surface area contributed by atoms with Gasteiger partial charge in [-0.1, -0.05) is 18.2 Å². The molecule has 2 aromatic carbocycles. The van der Waals surface area contributed by atoms with Gasteiger partial charge in [0, 0.05) is 23.7 Å². The van der Waals surface area contributed by atoms with E-state index >= 15 is 0 Å². The Bertz CT molecular complexity index is 634. The van der Waals surface area contributed by atoms with Gasteiger partial charge < -0.3 is 15.2 Å². The summed E-state index contributed by atoms with van der Waals surface area (Å²) in [5, 5.41) is 13.1. The first-order valence-corrected chi connectivity index (χ1v) is 7.02. The molecule has 118 valence electrons. The Morgan fingerprint density at radius 2 is 1.86 bits per heavy atom. The van der Waals surface area contributed by atoms with Gasteiger partial charge in [0.2, 0.25) is 0 Å². The van der Waals surface area contributed by atoms with Crippen molar-refractivity contribution >= 4 is 0 Å². The quantitative estimate of drug-likeness (QED) is 0.860. The molecule has 3 nitrogen and oxygen atoms in total. The number of ether oxygens (including phenoxy) is 1. The predicted octanol–water partition coefficient (Wildman–Crippen LogP) is 3.36. The number of hydrogen-bond donors (Lipinski definition) is 2. The lowest BCUT2D eigenvalue weighted by atomic mass is 10.1. The van der Waals surface area contributed by atoms with E-state index in [1.54, 1.807) is 18.2 Å². The summed E-state index contributed by atoms with van der Waals surface area (Å²) in [5.41, 5.74) is 0.872. The third kappa shape index (κ3) is 3.81. The fourth-order valence-electron chi connectivity index (χ4n) is 2.30. The molecule has 0 radical (unpaired) electrons. The molecule has 0 aromatic heterocycles. The van der Waals surface area contributed by atoms with Crippen LogP contribution in [0.15, 0.2) is 42.5 Å². The Morgan fingerprint density at radius 3 is 2.55 bits per heavy atom. The molecule has 0 aliphatic rings. The Morgan fingerprint density at radius 1 is 1.14 bits per heavy atom. The first-order valence-electron chi connectivity index (χ1n) is 7.02. The van der Waals surface area contributed by atoms with Crippen molar-refractivity contribution < 1.29 is 18.6 Å². The second kappa shape index (κ2) is 7.33. The summed E-state index contributed by atoms with van der Waals surface area (Å²) in [6.45, 7) is 1.97. The Kier molecular flexibility index (Phi) is 5.46. The highest BCUT2D eigenvalue weighted by Crippen LogP contribution is 2.26. The number of benzene rings is 2. The van der Waals surface area contributed by atoms with Crippen molar-refractivity contribution in [3.63, 3.8) is 0 Å². The third-order valence-electron chi connectivity index (χ3n) is 3.54. The third-order valence-corrected chi connectivity index (χ3v) is 3.54. The summed E-state index contributed by atoms with van der Waals surface area (Å²) in [7, 11) is 1.51. The highest BCUT2D eigenvalue weighted by molar-refractivity contribution is 5.36. The number of halogens is 2. The number of hydrogen-bond acceptors (Lipinski definition) is 3. The predicted molar refractivity (Wildman–Crippen MR) is 80.7 cm³/mol. The largest absolute Gasteiger partial charge is 0.496 e. The van der Waals surface area contributed by atoms with E-state index in [9.17, 15) is 13.9 Å². The van der Waals surface area contributed by atoms with E-state index in [-0.39, 0.29) is 24.0 Å². The lowest BCUT2D eigenvalue weighted by molar-refractivity contribution is 0.166. The summed E-state index contributed by atoms with van der Waals surface area (Å²) >= 11 is 0. The van der Waals surface area contributed by atoms with Crippen LogP contribution in [0.4, 0.5) is 8.78 Å². The average Bonchev–Trinajstić information content (AvgIpc) is 2.52. The SMILES string of the molecule is COc1ccc(F)cc1C(C)NCC(O)c1ccccc1F. The van der Waals surface area contributed by atoms with E-state index in [4.69, 9.17) is 4.74 Å². The molecular weight excluding hydrogens is 288 g/mol. The zero-order valence-electron chi connectivity index (χ0n) is 12.5. The maximum atomic E-state index is 13.6. The van der Waals surface area contributed by atoms with Crippen LogP contribution in [0.3, 0.4) is 0 Å². The van der Waals surface area contributed by atoms with Crippen LogP contribution >= 0.6 is 0 Å². The molecule has 2 aromatic rings. The van der Waals surface area contributed by atoms with Crippen molar-refractivity contribution in [1.29, 1.82) is 0 Å². The Labute approximate surface area is 128 Å². The van der Waals surface area contributed by atoms with E-state index in [1.807, 2.05) is 6.92 Å². The summed E-state index contributed by atoms with van der Waals surface area (Å²) in [6.07, 6.45) is -0.983. The highest BCUT2D eigenvalue weighted by Gasteiger charge is 2.16. The minimum absolute atomic E-state index is 0.141. The van der Waals surface area contributed by atoms with Gasteiger partial charge in [-0.15, -0.1) is 0 Å². The molecule has 0 fully saturated rings. The fraction of sp³-hybridized carbons (Fsp3) is 0.294. The van der Waals surface area contributed by atoms with Gasteiger partial charge >= 0.3 is 0 Å². The molecule has 0 aliphatic heterocycles. The van der Waals surface area contributed by atoms with Crippen LogP contribution in [0.2, 0.25) is 0 Å². The smallest absolute Gasteiger partial charge is 0.129 e. The molecule has 0 saturated heterocycles. The van der Waals surface area contributed by atoms with Crippen molar-refractivity contribution in [3.8, 4) is 5.75 Å². The van der Waals surface area contributed by atoms with E-state index in [0.717, 1.165) is 0 Å². The first-order chi connectivity index (χ1) is 10.5. The minimum atomic E-state index is -0.983. The van der Waals surface area contributed by atoms with Gasteiger partial charge in [-0.2, -0.15) is 0 Å². The lowest BCUT2D eigenvalue weighted by Crippen LogP contribution is -2.25. The molecule has 0 aliphatic carbocycles. The zero-order chi connectivity index (χ0) is 16.1. The Balaban J connectivity index is 2.05. The summed E-state index contributed by atoms with van der Waals surface area (Å²) in [4.78, 5) is 0. The van der Waals surface area contributed by atoms with Crippen LogP contribution in [0.5, 0.6) is 5.75 Å². The first kappa shape index (κ1) is 16.4. The standard InChI is InChI=1S/C17H19F2NO2/c1-11(14-9-12(18)7-8-17(14)22-2)20-10-16(21)13-5-3-4-6-15(13)19/h3-9,11,16,20-21H,10H2,1-2H3. The summed E-state index contributed by atoms with van der Waals surface area (Å²) in [5.74, 6) is -0.256. The van der Waals surface area contributed by atoms with Crippen molar-refractivity contribution in [2.45, 2.75) is 19.1 Å². The van der Waals surface area contributed by atoms with E-state index in [0.29, 0.717) is 11.3 Å². The molecule has 0 heterocycles. The maximum absolute atomic E-state index is 13.6. The molecule has 2 N–H and O–H groups in total. The molecule has 2 rings (SSSR count). The highest BCUT2D eigenvalue weighted by atomic mass is 19.1. The minimum Gasteiger partial charge on any atom is -0.496 e. The second-order valence-corrected chi connectivity index (χ2v) is 5.05. The molecule has 2 atom stereocenters. The average molecular weight is 307 g/mol. The van der Waals surface area contributed by atoms with Crippen molar-refractivity contribution in [1.82, 2.24) is 5.32 Å². The molecule has 5 heteroatoms. The van der Waals surface area contributed by atoms with Gasteiger partial charge in [0.05, 0.1) is 13.2 Å². The van der Waals surface area contributed by atoms with Crippen LogP contribution in [-0.4, -0.2) is 18.8 Å². The monoisotopic (exact) mass is 307 g/mol. The summed E-state index contributed by atoms with van der Waals surface area (Å²) in [6, 6.07) is 10.1. The molecule has 0 saturated carbocycles. The molecule has 2 unspecified atom stereocenters. The lowest BCUT2D eigenvalue weighted by Gasteiger charge is -2.20. The van der Waals surface area contributed by atoms with Gasteiger partial charge in [0.25, 0.3) is 0 Å². The van der Waals surface area contributed by atoms with Gasteiger partial charge in [-0.05, 0) is 31.2 Å². The van der Waals surface area contributed by atoms with Crippen LogP contribution in [-0.2, 0) is 0 Å². The number of aliphatic hydroxyl groups excluding tert-OH is 1. The number of nitrogens with one attached hydrogen (secondary N) is 1. The van der Waals surface area contributed by atoms with Crippen molar-refractivity contribution in [2.75, 3.05) is 13.7 Å². The van der Waals surface area contributed by atoms with E-state index in [2.05, 4.69) is 5.32 Å². The molecule has 0 bridgehead atoms. The van der Waals surface area contributed by atoms with Gasteiger partial charge in [-0.25, -0.2) is 8.78 Å². The zero-order valence-corrected chi connectivity index (χ0v) is 12.5. The van der Waals surface area contributed by atoms with E-state index < -0.39 is 11.9 Å². The molecular formula is C17H19F2NO2. The maximum Gasteiger partial charge on any atom is 0.129 e. The Hall–Kier alpha value is -1.98. The van der Waals surface area contributed by atoms with Crippen LogP contribution in [0, 0.1) is 11.6 Å². The van der Waals surface area contributed by atoms with Gasteiger partial charge in [-0.3, -0.25) is 0 Å². The number of methoxy groups -OCH3 is 1. The van der Waals surface area contributed by atoms with Crippen molar-refractivity contribution in [2.24, 2.45) is 0 Å². The number of aliphatic hydroxyl groups is 1. The second-order valence-electron chi connectivity index (χ2n) is 5.05. The van der Waals surface area contributed by atoms with Crippen LogP contribution < -0.4 is 10.1 Å².